The van der Waals surface area contributed by atoms with E-state index in [2.05, 4.69) is 24.3 Å². The lowest BCUT2D eigenvalue weighted by Gasteiger charge is -2.07. The van der Waals surface area contributed by atoms with E-state index >= 15 is 0 Å². The average Bonchev–Trinajstić information content (AvgIpc) is 2.47. The number of ether oxygens (including phenoxy) is 1. The second-order valence-electron chi connectivity index (χ2n) is 4.56. The van der Waals surface area contributed by atoms with Crippen LogP contribution in [0.25, 0.3) is 0 Å². The van der Waals surface area contributed by atoms with Gasteiger partial charge in [0.25, 0.3) is 0 Å². The molecule has 0 aromatic heterocycles. The molecule has 0 aliphatic rings. The van der Waals surface area contributed by atoms with Crippen LogP contribution in [0, 0.1) is 0 Å². The molecular formula is C17H20O2. The zero-order valence-electron chi connectivity index (χ0n) is 11.1. The molecular weight excluding hydrogens is 236 g/mol. The summed E-state index contributed by atoms with van der Waals surface area (Å²) in [6, 6.07) is 18.4. The number of aryl methyl sites for hydroxylation is 1. The summed E-state index contributed by atoms with van der Waals surface area (Å²) in [4.78, 5) is 0. The summed E-state index contributed by atoms with van der Waals surface area (Å²) >= 11 is 0. The van der Waals surface area contributed by atoms with Crippen molar-refractivity contribution in [3.8, 4) is 5.75 Å². The van der Waals surface area contributed by atoms with Gasteiger partial charge >= 0.3 is 0 Å². The van der Waals surface area contributed by atoms with Gasteiger partial charge in [-0.2, -0.15) is 0 Å². The molecule has 0 saturated heterocycles. The van der Waals surface area contributed by atoms with Gasteiger partial charge in [0.05, 0.1) is 6.61 Å². The molecule has 0 radical (unpaired) electrons. The lowest BCUT2D eigenvalue weighted by Crippen LogP contribution is -1.99. The molecule has 0 aliphatic heterocycles. The monoisotopic (exact) mass is 256 g/mol. The van der Waals surface area contributed by atoms with Gasteiger partial charge in [0, 0.05) is 6.61 Å². The van der Waals surface area contributed by atoms with Crippen molar-refractivity contribution in [1.29, 1.82) is 0 Å². The van der Waals surface area contributed by atoms with Gasteiger partial charge in [-0.05, 0) is 42.5 Å². The van der Waals surface area contributed by atoms with E-state index in [9.17, 15) is 0 Å². The summed E-state index contributed by atoms with van der Waals surface area (Å²) in [6.45, 7) is 0.922. The largest absolute Gasteiger partial charge is 0.494 e. The lowest BCUT2D eigenvalue weighted by atomic mass is 10.1. The average molecular weight is 256 g/mol. The summed E-state index contributed by atoms with van der Waals surface area (Å²) in [5, 5.41) is 8.84. The minimum atomic E-state index is 0.192. The van der Waals surface area contributed by atoms with Gasteiger partial charge < -0.3 is 9.84 Å². The molecule has 0 unspecified atom stereocenters. The van der Waals surface area contributed by atoms with Crippen LogP contribution in [0.15, 0.2) is 54.6 Å². The van der Waals surface area contributed by atoms with E-state index in [1.807, 2.05) is 30.3 Å². The van der Waals surface area contributed by atoms with Gasteiger partial charge in [0.2, 0.25) is 0 Å². The van der Waals surface area contributed by atoms with Crippen molar-refractivity contribution >= 4 is 0 Å². The summed E-state index contributed by atoms with van der Waals surface area (Å²) in [7, 11) is 0. The Kier molecular flexibility index (Phi) is 5.45. The molecule has 2 heteroatoms. The van der Waals surface area contributed by atoms with Crippen molar-refractivity contribution in [2.75, 3.05) is 13.2 Å². The van der Waals surface area contributed by atoms with E-state index in [1.165, 1.54) is 5.56 Å². The Bertz CT molecular complexity index is 462. The van der Waals surface area contributed by atoms with Gasteiger partial charge in [-0.15, -0.1) is 0 Å². The second kappa shape index (κ2) is 7.59. The number of rotatable bonds is 7. The molecule has 2 rings (SSSR count). The molecule has 2 aromatic rings. The molecule has 0 saturated carbocycles. The topological polar surface area (TPSA) is 29.5 Å². The van der Waals surface area contributed by atoms with Crippen molar-refractivity contribution in [1.82, 2.24) is 0 Å². The van der Waals surface area contributed by atoms with Crippen molar-refractivity contribution in [3.63, 3.8) is 0 Å². The fourth-order valence-corrected chi connectivity index (χ4v) is 1.99. The first kappa shape index (κ1) is 13.6. The van der Waals surface area contributed by atoms with E-state index in [4.69, 9.17) is 9.84 Å². The van der Waals surface area contributed by atoms with Gasteiger partial charge in [0.1, 0.15) is 5.75 Å². The molecule has 1 N–H and O–H groups in total. The first-order valence-electron chi connectivity index (χ1n) is 6.75. The number of hydrogen-bond donors (Lipinski definition) is 1. The molecule has 2 nitrogen and oxygen atoms in total. The van der Waals surface area contributed by atoms with Crippen molar-refractivity contribution in [2.24, 2.45) is 0 Å². The van der Waals surface area contributed by atoms with Crippen LogP contribution >= 0.6 is 0 Å². The summed E-state index contributed by atoms with van der Waals surface area (Å²) in [5.74, 6) is 0.898. The highest BCUT2D eigenvalue weighted by Gasteiger charge is 1.96. The highest BCUT2D eigenvalue weighted by Crippen LogP contribution is 2.13. The van der Waals surface area contributed by atoms with Crippen LogP contribution in [0.2, 0.25) is 0 Å². The first-order valence-corrected chi connectivity index (χ1v) is 6.75. The predicted octanol–water partition coefficient (Wildman–Crippen LogP) is 3.23. The molecule has 0 bridgehead atoms. The smallest absolute Gasteiger partial charge is 0.119 e. The number of aliphatic hydroxyl groups is 1. The third-order valence-corrected chi connectivity index (χ3v) is 3.05. The minimum Gasteiger partial charge on any atom is -0.494 e. The molecule has 0 heterocycles. The summed E-state index contributed by atoms with van der Waals surface area (Å²) < 4.78 is 5.70. The predicted molar refractivity (Wildman–Crippen MR) is 77.5 cm³/mol. The van der Waals surface area contributed by atoms with Gasteiger partial charge in [-0.25, -0.2) is 0 Å². The van der Waals surface area contributed by atoms with Crippen molar-refractivity contribution in [3.05, 3.63) is 65.7 Å². The number of benzene rings is 2. The highest BCUT2D eigenvalue weighted by molar-refractivity contribution is 5.27. The van der Waals surface area contributed by atoms with Crippen LogP contribution < -0.4 is 4.74 Å². The Morgan fingerprint density at radius 3 is 2.16 bits per heavy atom. The van der Waals surface area contributed by atoms with Crippen molar-refractivity contribution in [2.45, 2.75) is 19.3 Å². The maximum Gasteiger partial charge on any atom is 0.119 e. The second-order valence-corrected chi connectivity index (χ2v) is 4.56. The van der Waals surface area contributed by atoms with Crippen LogP contribution in [0.3, 0.4) is 0 Å². The molecule has 19 heavy (non-hydrogen) atoms. The van der Waals surface area contributed by atoms with Gasteiger partial charge in [0.15, 0.2) is 0 Å². The maximum atomic E-state index is 8.84. The molecule has 0 aliphatic carbocycles. The third kappa shape index (κ3) is 4.76. The zero-order valence-corrected chi connectivity index (χ0v) is 11.1. The van der Waals surface area contributed by atoms with Crippen LogP contribution in [0.5, 0.6) is 5.75 Å². The fourth-order valence-electron chi connectivity index (χ4n) is 1.99. The molecule has 2 aromatic carbocycles. The first-order chi connectivity index (χ1) is 9.38. The Morgan fingerprint density at radius 1 is 0.789 bits per heavy atom. The van der Waals surface area contributed by atoms with E-state index < -0.39 is 0 Å². The van der Waals surface area contributed by atoms with Gasteiger partial charge in [-0.3, -0.25) is 0 Å². The Balaban J connectivity index is 1.70. The fraction of sp³-hybridized carbons (Fsp3) is 0.294. The van der Waals surface area contributed by atoms with Crippen LogP contribution in [0.4, 0.5) is 0 Å². The maximum absolute atomic E-state index is 8.84. The standard InChI is InChI=1S/C17H20O2/c18-13-12-16-8-10-17(11-9-16)19-14-4-7-15-5-2-1-3-6-15/h1-3,5-6,8-11,18H,4,7,12-14H2. The Labute approximate surface area is 114 Å². The molecule has 100 valence electrons. The number of aliphatic hydroxyl groups excluding tert-OH is 1. The quantitative estimate of drug-likeness (QED) is 0.771. The molecule has 0 spiro atoms. The van der Waals surface area contributed by atoms with E-state index in [-0.39, 0.29) is 6.61 Å². The van der Waals surface area contributed by atoms with E-state index in [0.717, 1.165) is 30.8 Å². The van der Waals surface area contributed by atoms with Crippen LogP contribution in [0.1, 0.15) is 17.5 Å². The van der Waals surface area contributed by atoms with E-state index in [0.29, 0.717) is 6.42 Å². The molecule has 0 fully saturated rings. The lowest BCUT2D eigenvalue weighted by molar-refractivity contribution is 0.299. The van der Waals surface area contributed by atoms with Crippen molar-refractivity contribution < 1.29 is 9.84 Å². The Morgan fingerprint density at radius 2 is 1.47 bits per heavy atom. The Hall–Kier alpha value is -1.80. The van der Waals surface area contributed by atoms with Crippen LogP contribution in [-0.4, -0.2) is 18.3 Å². The third-order valence-electron chi connectivity index (χ3n) is 3.05. The molecule has 0 atom stereocenters. The minimum absolute atomic E-state index is 0.192. The van der Waals surface area contributed by atoms with E-state index in [1.54, 1.807) is 0 Å². The SMILES string of the molecule is OCCc1ccc(OCCCc2ccccc2)cc1. The summed E-state index contributed by atoms with van der Waals surface area (Å²) in [5.41, 5.74) is 2.49. The highest BCUT2D eigenvalue weighted by atomic mass is 16.5. The number of hydrogen-bond acceptors (Lipinski definition) is 2. The molecule has 0 amide bonds. The summed E-state index contributed by atoms with van der Waals surface area (Å²) in [6.07, 6.45) is 2.76. The van der Waals surface area contributed by atoms with Gasteiger partial charge in [-0.1, -0.05) is 42.5 Å². The van der Waals surface area contributed by atoms with Crippen LogP contribution in [-0.2, 0) is 12.8 Å². The normalized spacial score (nSPS) is 10.4. The zero-order chi connectivity index (χ0) is 13.3.